The van der Waals surface area contributed by atoms with Crippen molar-refractivity contribution in [2.24, 2.45) is 5.73 Å². The van der Waals surface area contributed by atoms with Gasteiger partial charge in [-0.2, -0.15) is 17.0 Å². The maximum atomic E-state index is 12.0. The molecule has 2 N–H and O–H groups in total. The van der Waals surface area contributed by atoms with Gasteiger partial charge in [0.2, 0.25) is 5.91 Å². The topological polar surface area (TPSA) is 73.4 Å². The van der Waals surface area contributed by atoms with E-state index in [0.29, 0.717) is 6.42 Å². The number of nitrogens with two attached hydrogens (primary N) is 1. The van der Waals surface area contributed by atoms with Gasteiger partial charge in [0.1, 0.15) is 0 Å². The highest BCUT2D eigenvalue weighted by Gasteiger charge is 2.24. The van der Waals surface area contributed by atoms with Gasteiger partial charge in [0.15, 0.2) is 0 Å². The molecule has 6 heteroatoms. The van der Waals surface area contributed by atoms with E-state index in [-0.39, 0.29) is 11.9 Å². The number of hydrogen-bond acceptors (Lipinski definition) is 5. The molecule has 1 heterocycles. The van der Waals surface area contributed by atoms with Crippen molar-refractivity contribution < 1.29 is 4.79 Å². The molecule has 0 spiro atoms. The number of carbonyl (C=O) groups is 1. The maximum Gasteiger partial charge on any atom is 0.239 e. The predicted molar refractivity (Wildman–Crippen MR) is 74.2 cm³/mol. The van der Waals surface area contributed by atoms with Crippen molar-refractivity contribution in [3.8, 4) is 6.07 Å². The first-order chi connectivity index (χ1) is 8.69. The zero-order valence-electron chi connectivity index (χ0n) is 11.0. The molecular weight excluding hydrogens is 248 g/mol. The second kappa shape index (κ2) is 8.35. The van der Waals surface area contributed by atoms with Crippen LogP contribution in [0.5, 0.6) is 0 Å². The molecule has 1 aliphatic rings. The van der Waals surface area contributed by atoms with Crippen LogP contribution < -0.4 is 5.73 Å². The van der Waals surface area contributed by atoms with E-state index < -0.39 is 0 Å². The van der Waals surface area contributed by atoms with Gasteiger partial charge in [-0.15, -0.1) is 0 Å². The van der Waals surface area contributed by atoms with Gasteiger partial charge >= 0.3 is 0 Å². The number of piperazine rings is 1. The smallest absolute Gasteiger partial charge is 0.239 e. The van der Waals surface area contributed by atoms with E-state index in [4.69, 9.17) is 11.0 Å². The average Bonchev–Trinajstić information content (AvgIpc) is 2.42. The van der Waals surface area contributed by atoms with Crippen LogP contribution in [0.4, 0.5) is 0 Å². The molecule has 5 nitrogen and oxygen atoms in total. The normalized spacial score (nSPS) is 18.4. The van der Waals surface area contributed by atoms with Crippen molar-refractivity contribution in [1.29, 1.82) is 5.26 Å². The highest BCUT2D eigenvalue weighted by Crippen LogP contribution is 2.07. The molecule has 1 saturated heterocycles. The standard InChI is InChI=1S/C12H22N4OS/c1-18-10-3-11(14)12(17)16-8-6-15(7-9-16)5-2-4-13/h11H,2-3,5-10,14H2,1H3/t11-/m0/s1. The summed E-state index contributed by atoms with van der Waals surface area (Å²) in [5.74, 6) is 0.999. The zero-order chi connectivity index (χ0) is 13.4. The third-order valence-corrected chi connectivity index (χ3v) is 3.82. The Morgan fingerprint density at radius 2 is 2.11 bits per heavy atom. The minimum Gasteiger partial charge on any atom is -0.339 e. The van der Waals surface area contributed by atoms with E-state index in [1.165, 1.54) is 0 Å². The lowest BCUT2D eigenvalue weighted by molar-refractivity contribution is -0.134. The highest BCUT2D eigenvalue weighted by atomic mass is 32.2. The summed E-state index contributed by atoms with van der Waals surface area (Å²) in [5.41, 5.74) is 5.89. The molecule has 1 amide bonds. The lowest BCUT2D eigenvalue weighted by Gasteiger charge is -2.35. The van der Waals surface area contributed by atoms with E-state index in [1.54, 1.807) is 11.8 Å². The molecule has 0 aromatic rings. The Labute approximate surface area is 113 Å². The fourth-order valence-corrected chi connectivity index (χ4v) is 2.49. The van der Waals surface area contributed by atoms with Crippen molar-refractivity contribution in [1.82, 2.24) is 9.80 Å². The summed E-state index contributed by atoms with van der Waals surface area (Å²) >= 11 is 1.71. The number of hydrogen-bond donors (Lipinski definition) is 1. The van der Waals surface area contributed by atoms with E-state index in [9.17, 15) is 4.79 Å². The number of nitriles is 1. The van der Waals surface area contributed by atoms with Crippen molar-refractivity contribution >= 4 is 17.7 Å². The first kappa shape index (κ1) is 15.3. The van der Waals surface area contributed by atoms with Crippen molar-refractivity contribution in [3.05, 3.63) is 0 Å². The summed E-state index contributed by atoms with van der Waals surface area (Å²) in [4.78, 5) is 16.1. The van der Waals surface area contributed by atoms with Crippen LogP contribution in [0, 0.1) is 11.3 Å². The molecule has 0 aliphatic carbocycles. The third kappa shape index (κ3) is 4.84. The minimum atomic E-state index is -0.358. The number of carbonyl (C=O) groups excluding carboxylic acids is 1. The molecule has 1 rings (SSSR count). The molecule has 1 fully saturated rings. The van der Waals surface area contributed by atoms with E-state index >= 15 is 0 Å². The van der Waals surface area contributed by atoms with E-state index in [1.807, 2.05) is 11.2 Å². The van der Waals surface area contributed by atoms with Crippen LogP contribution in [0.15, 0.2) is 0 Å². The molecule has 18 heavy (non-hydrogen) atoms. The number of amides is 1. The highest BCUT2D eigenvalue weighted by molar-refractivity contribution is 7.98. The monoisotopic (exact) mass is 270 g/mol. The summed E-state index contributed by atoms with van der Waals surface area (Å²) in [5, 5.41) is 8.53. The van der Waals surface area contributed by atoms with Crippen LogP contribution >= 0.6 is 11.8 Å². The van der Waals surface area contributed by atoms with Crippen molar-refractivity contribution in [2.45, 2.75) is 18.9 Å². The average molecular weight is 270 g/mol. The molecule has 1 aliphatic heterocycles. The zero-order valence-corrected chi connectivity index (χ0v) is 11.8. The van der Waals surface area contributed by atoms with Gasteiger partial charge < -0.3 is 10.6 Å². The number of nitrogens with zero attached hydrogens (tertiary/aromatic N) is 3. The largest absolute Gasteiger partial charge is 0.339 e. The van der Waals surface area contributed by atoms with Crippen LogP contribution in [-0.2, 0) is 4.79 Å². The molecule has 0 aromatic carbocycles. The summed E-state index contributed by atoms with van der Waals surface area (Å²) in [7, 11) is 0. The first-order valence-electron chi connectivity index (χ1n) is 6.31. The molecule has 0 aromatic heterocycles. The van der Waals surface area contributed by atoms with Crippen LogP contribution in [0.2, 0.25) is 0 Å². The molecular formula is C12H22N4OS. The van der Waals surface area contributed by atoms with Gasteiger partial charge in [-0.25, -0.2) is 0 Å². The van der Waals surface area contributed by atoms with Gasteiger partial charge in [-0.3, -0.25) is 9.69 Å². The Bertz CT molecular complexity index is 297. The minimum absolute atomic E-state index is 0.0731. The fraction of sp³-hybridized carbons (Fsp3) is 0.833. The van der Waals surface area contributed by atoms with Crippen molar-refractivity contribution in [2.75, 3.05) is 44.7 Å². The van der Waals surface area contributed by atoms with E-state index in [2.05, 4.69) is 11.0 Å². The molecule has 1 atom stereocenters. The SMILES string of the molecule is CSCC[C@H](N)C(=O)N1CCN(CCC#N)CC1. The molecule has 0 bridgehead atoms. The summed E-state index contributed by atoms with van der Waals surface area (Å²) in [6.45, 7) is 3.97. The lowest BCUT2D eigenvalue weighted by Crippen LogP contribution is -2.53. The Morgan fingerprint density at radius 3 is 2.67 bits per heavy atom. The fourth-order valence-electron chi connectivity index (χ4n) is 2.00. The van der Waals surface area contributed by atoms with Crippen LogP contribution in [0.3, 0.4) is 0 Å². The van der Waals surface area contributed by atoms with Crippen LogP contribution in [0.25, 0.3) is 0 Å². The Hall–Kier alpha value is -0.770. The molecule has 0 radical (unpaired) electrons. The Kier molecular flexibility index (Phi) is 7.09. The van der Waals surface area contributed by atoms with Gasteiger partial charge in [-0.05, 0) is 18.4 Å². The van der Waals surface area contributed by atoms with Crippen LogP contribution in [-0.4, -0.2) is 66.5 Å². The van der Waals surface area contributed by atoms with Crippen LogP contribution in [0.1, 0.15) is 12.8 Å². The summed E-state index contributed by atoms with van der Waals surface area (Å²) < 4.78 is 0. The predicted octanol–water partition coefficient (Wildman–Crippen LogP) is 0.125. The van der Waals surface area contributed by atoms with Gasteiger partial charge in [0.25, 0.3) is 0 Å². The second-order valence-electron chi connectivity index (χ2n) is 4.46. The van der Waals surface area contributed by atoms with Crippen molar-refractivity contribution in [3.63, 3.8) is 0 Å². The quantitative estimate of drug-likeness (QED) is 0.742. The summed E-state index contributed by atoms with van der Waals surface area (Å²) in [6, 6.07) is 1.79. The summed E-state index contributed by atoms with van der Waals surface area (Å²) in [6.07, 6.45) is 3.32. The number of thioether (sulfide) groups is 1. The Balaban J connectivity index is 2.29. The lowest BCUT2D eigenvalue weighted by atomic mass is 10.2. The third-order valence-electron chi connectivity index (χ3n) is 3.17. The molecule has 0 unspecified atom stereocenters. The number of rotatable bonds is 6. The van der Waals surface area contributed by atoms with Gasteiger partial charge in [-0.1, -0.05) is 0 Å². The van der Waals surface area contributed by atoms with Gasteiger partial charge in [0, 0.05) is 39.1 Å². The first-order valence-corrected chi connectivity index (χ1v) is 7.71. The molecule has 0 saturated carbocycles. The maximum absolute atomic E-state index is 12.0. The second-order valence-corrected chi connectivity index (χ2v) is 5.45. The van der Waals surface area contributed by atoms with Gasteiger partial charge in [0.05, 0.1) is 12.1 Å². The molecule has 102 valence electrons. The Morgan fingerprint density at radius 1 is 1.44 bits per heavy atom. The van der Waals surface area contributed by atoms with E-state index in [0.717, 1.165) is 44.9 Å².